The van der Waals surface area contributed by atoms with E-state index in [9.17, 15) is 0 Å². The lowest BCUT2D eigenvalue weighted by atomic mass is 9.70. The summed E-state index contributed by atoms with van der Waals surface area (Å²) < 4.78 is 0. The minimum Gasteiger partial charge on any atom is -0.329 e. The third kappa shape index (κ3) is 2.04. The van der Waals surface area contributed by atoms with Crippen LogP contribution < -0.4 is 5.73 Å². The number of rotatable bonds is 2. The van der Waals surface area contributed by atoms with Gasteiger partial charge in [-0.25, -0.2) is 0 Å². The van der Waals surface area contributed by atoms with Crippen molar-refractivity contribution in [2.75, 3.05) is 19.6 Å². The summed E-state index contributed by atoms with van der Waals surface area (Å²) in [5.41, 5.74) is 7.21. The Morgan fingerprint density at radius 2 is 1.29 bits per heavy atom. The molecule has 0 atom stereocenters. The van der Waals surface area contributed by atoms with Crippen LogP contribution in [0.15, 0.2) is 0 Å². The van der Waals surface area contributed by atoms with Crippen LogP contribution in [0.1, 0.15) is 64.2 Å². The van der Waals surface area contributed by atoms with Crippen LogP contribution in [-0.4, -0.2) is 30.1 Å². The van der Waals surface area contributed by atoms with Gasteiger partial charge in [-0.2, -0.15) is 0 Å². The molecule has 3 fully saturated rings. The standard InChI is InChI=1S/C15H28N2/c16-11-15(9-5-6-10-15)17-12-14(13-17)7-3-1-2-4-8-14/h1-13,16H2. The van der Waals surface area contributed by atoms with Gasteiger partial charge in [0, 0.05) is 25.2 Å². The zero-order valence-electron chi connectivity index (χ0n) is 11.2. The molecule has 0 aromatic rings. The fourth-order valence-electron chi connectivity index (χ4n) is 4.58. The van der Waals surface area contributed by atoms with Crippen molar-refractivity contribution in [3.8, 4) is 0 Å². The van der Waals surface area contributed by atoms with Crippen LogP contribution in [0.3, 0.4) is 0 Å². The fraction of sp³-hybridized carbons (Fsp3) is 1.00. The van der Waals surface area contributed by atoms with E-state index in [1.54, 1.807) is 0 Å². The van der Waals surface area contributed by atoms with Crippen LogP contribution in [0.5, 0.6) is 0 Å². The van der Waals surface area contributed by atoms with E-state index < -0.39 is 0 Å². The third-order valence-electron chi connectivity index (χ3n) is 5.80. The molecule has 3 rings (SSSR count). The van der Waals surface area contributed by atoms with Crippen molar-refractivity contribution in [1.29, 1.82) is 0 Å². The number of hydrogen-bond acceptors (Lipinski definition) is 2. The second kappa shape index (κ2) is 4.55. The maximum Gasteiger partial charge on any atom is 0.0332 e. The summed E-state index contributed by atoms with van der Waals surface area (Å²) >= 11 is 0. The Morgan fingerprint density at radius 3 is 1.82 bits per heavy atom. The summed E-state index contributed by atoms with van der Waals surface area (Å²) in [7, 11) is 0. The van der Waals surface area contributed by atoms with Crippen LogP contribution in [-0.2, 0) is 0 Å². The number of nitrogens with zero attached hydrogens (tertiary/aromatic N) is 1. The first-order valence-corrected chi connectivity index (χ1v) is 7.74. The molecule has 17 heavy (non-hydrogen) atoms. The average molecular weight is 236 g/mol. The predicted molar refractivity (Wildman–Crippen MR) is 72.0 cm³/mol. The van der Waals surface area contributed by atoms with E-state index in [1.807, 2.05) is 0 Å². The van der Waals surface area contributed by atoms with Gasteiger partial charge in [-0.3, -0.25) is 4.90 Å². The van der Waals surface area contributed by atoms with Gasteiger partial charge in [0.1, 0.15) is 0 Å². The Hall–Kier alpha value is -0.0800. The van der Waals surface area contributed by atoms with Gasteiger partial charge in [-0.15, -0.1) is 0 Å². The molecule has 2 heteroatoms. The molecule has 0 bridgehead atoms. The summed E-state index contributed by atoms with van der Waals surface area (Å²) in [5, 5.41) is 0. The maximum absolute atomic E-state index is 6.09. The van der Waals surface area contributed by atoms with E-state index in [1.165, 1.54) is 77.3 Å². The van der Waals surface area contributed by atoms with Crippen LogP contribution in [0, 0.1) is 5.41 Å². The molecule has 1 saturated heterocycles. The van der Waals surface area contributed by atoms with Crippen LogP contribution in [0.25, 0.3) is 0 Å². The molecule has 2 nitrogen and oxygen atoms in total. The van der Waals surface area contributed by atoms with Gasteiger partial charge < -0.3 is 5.73 Å². The molecular formula is C15H28N2. The maximum atomic E-state index is 6.09. The molecule has 2 aliphatic carbocycles. The van der Waals surface area contributed by atoms with Gasteiger partial charge in [-0.1, -0.05) is 38.5 Å². The first-order valence-electron chi connectivity index (χ1n) is 7.74. The summed E-state index contributed by atoms with van der Waals surface area (Å²) in [6, 6.07) is 0. The molecule has 1 heterocycles. The molecular weight excluding hydrogens is 208 g/mol. The van der Waals surface area contributed by atoms with Gasteiger partial charge in [0.25, 0.3) is 0 Å². The van der Waals surface area contributed by atoms with Crippen molar-refractivity contribution in [2.45, 2.75) is 69.7 Å². The van der Waals surface area contributed by atoms with Crippen LogP contribution in [0.4, 0.5) is 0 Å². The lowest BCUT2D eigenvalue weighted by Gasteiger charge is -2.58. The van der Waals surface area contributed by atoms with Gasteiger partial charge in [0.05, 0.1) is 0 Å². The third-order valence-corrected chi connectivity index (χ3v) is 5.80. The summed E-state index contributed by atoms with van der Waals surface area (Å²) in [6.45, 7) is 3.62. The second-order valence-electron chi connectivity index (χ2n) is 6.91. The topological polar surface area (TPSA) is 29.3 Å². The van der Waals surface area contributed by atoms with Gasteiger partial charge in [0.15, 0.2) is 0 Å². The smallest absolute Gasteiger partial charge is 0.0332 e. The Kier molecular flexibility index (Phi) is 3.20. The SMILES string of the molecule is NCC1(N2CC3(CCCCCC3)C2)CCCC1. The summed E-state index contributed by atoms with van der Waals surface area (Å²) in [4.78, 5) is 2.76. The first-order chi connectivity index (χ1) is 8.29. The molecule has 98 valence electrons. The van der Waals surface area contributed by atoms with Crippen molar-refractivity contribution in [3.63, 3.8) is 0 Å². The highest BCUT2D eigenvalue weighted by atomic mass is 15.3. The summed E-state index contributed by atoms with van der Waals surface area (Å²) in [5.74, 6) is 0. The molecule has 0 unspecified atom stereocenters. The van der Waals surface area contributed by atoms with Gasteiger partial charge in [0.2, 0.25) is 0 Å². The molecule has 0 radical (unpaired) electrons. The zero-order chi connectivity index (χ0) is 11.8. The fourth-order valence-corrected chi connectivity index (χ4v) is 4.58. The normalized spacial score (nSPS) is 32.3. The molecule has 3 aliphatic rings. The Bertz CT molecular complexity index is 252. The van der Waals surface area contributed by atoms with Crippen LogP contribution >= 0.6 is 0 Å². The van der Waals surface area contributed by atoms with Crippen molar-refractivity contribution < 1.29 is 0 Å². The number of hydrogen-bond donors (Lipinski definition) is 1. The Morgan fingerprint density at radius 1 is 0.765 bits per heavy atom. The summed E-state index contributed by atoms with van der Waals surface area (Å²) in [6.07, 6.45) is 14.4. The minimum absolute atomic E-state index is 0.414. The largest absolute Gasteiger partial charge is 0.329 e. The van der Waals surface area contributed by atoms with Crippen molar-refractivity contribution in [2.24, 2.45) is 11.1 Å². The zero-order valence-corrected chi connectivity index (χ0v) is 11.2. The lowest BCUT2D eigenvalue weighted by molar-refractivity contribution is -0.0815. The molecule has 1 spiro atoms. The monoisotopic (exact) mass is 236 g/mol. The van der Waals surface area contributed by atoms with E-state index in [2.05, 4.69) is 4.90 Å². The van der Waals surface area contributed by atoms with Gasteiger partial charge >= 0.3 is 0 Å². The van der Waals surface area contributed by atoms with Gasteiger partial charge in [-0.05, 0) is 31.1 Å². The first kappa shape index (κ1) is 12.0. The second-order valence-corrected chi connectivity index (χ2v) is 6.91. The van der Waals surface area contributed by atoms with Crippen molar-refractivity contribution in [3.05, 3.63) is 0 Å². The lowest BCUT2D eigenvalue weighted by Crippen LogP contribution is -2.66. The molecule has 2 saturated carbocycles. The van der Waals surface area contributed by atoms with E-state index >= 15 is 0 Å². The van der Waals surface area contributed by atoms with E-state index in [0.29, 0.717) is 11.0 Å². The van der Waals surface area contributed by atoms with Crippen molar-refractivity contribution >= 4 is 0 Å². The molecule has 2 N–H and O–H groups in total. The average Bonchev–Trinajstić information content (AvgIpc) is 2.64. The van der Waals surface area contributed by atoms with Crippen molar-refractivity contribution in [1.82, 2.24) is 4.90 Å². The van der Waals surface area contributed by atoms with E-state index in [4.69, 9.17) is 5.73 Å². The molecule has 0 aromatic carbocycles. The number of nitrogens with two attached hydrogens (primary N) is 1. The minimum atomic E-state index is 0.414. The van der Waals surface area contributed by atoms with E-state index in [0.717, 1.165) is 6.54 Å². The Labute approximate surface area is 106 Å². The quantitative estimate of drug-likeness (QED) is 0.799. The van der Waals surface area contributed by atoms with Crippen LogP contribution in [0.2, 0.25) is 0 Å². The highest BCUT2D eigenvalue weighted by Gasteiger charge is 2.51. The number of likely N-dealkylation sites (tertiary alicyclic amines) is 1. The molecule has 1 aliphatic heterocycles. The molecule has 0 aromatic heterocycles. The van der Waals surface area contributed by atoms with E-state index in [-0.39, 0.29) is 0 Å². The Balaban J connectivity index is 1.62. The highest BCUT2D eigenvalue weighted by Crippen LogP contribution is 2.48. The highest BCUT2D eigenvalue weighted by molar-refractivity contribution is 5.06. The molecule has 0 amide bonds. The predicted octanol–water partition coefficient (Wildman–Crippen LogP) is 2.91.